The fraction of sp³-hybridized carbons (Fsp3) is 0.500. The maximum Gasteiger partial charge on any atom is 0.244 e. The van der Waals surface area contributed by atoms with Gasteiger partial charge in [0.1, 0.15) is 0 Å². The van der Waals surface area contributed by atoms with E-state index >= 15 is 0 Å². The molecule has 3 N–H and O–H groups in total. The molecule has 0 fully saturated rings. The van der Waals surface area contributed by atoms with E-state index in [1.165, 1.54) is 6.08 Å². The molecule has 1 unspecified atom stereocenters. The summed E-state index contributed by atoms with van der Waals surface area (Å²) in [5.41, 5.74) is 5.26. The first kappa shape index (κ1) is 8.17. The molecule has 3 nitrogen and oxygen atoms in total. The molecule has 1 atom stereocenters. The van der Waals surface area contributed by atoms with Crippen molar-refractivity contribution in [1.29, 1.82) is 0 Å². The number of aliphatic hydroxyl groups is 1. The van der Waals surface area contributed by atoms with E-state index in [0.717, 1.165) is 0 Å². The highest BCUT2D eigenvalue weighted by Gasteiger charge is 1.97. The van der Waals surface area contributed by atoms with Crippen LogP contribution >= 0.6 is 0 Å². The van der Waals surface area contributed by atoms with E-state index in [0.29, 0.717) is 5.57 Å². The van der Waals surface area contributed by atoms with Crippen molar-refractivity contribution >= 4 is 5.91 Å². The molecule has 0 spiro atoms. The van der Waals surface area contributed by atoms with Crippen LogP contribution in [0, 0.1) is 0 Å². The van der Waals surface area contributed by atoms with Crippen molar-refractivity contribution in [3.05, 3.63) is 11.6 Å². The summed E-state index contributed by atoms with van der Waals surface area (Å²) in [4.78, 5) is 10.3. The third kappa shape index (κ3) is 3.73. The molecule has 0 saturated carbocycles. The van der Waals surface area contributed by atoms with Gasteiger partial charge in [0.2, 0.25) is 5.91 Å². The predicted molar refractivity (Wildman–Crippen MR) is 34.6 cm³/mol. The zero-order valence-corrected chi connectivity index (χ0v) is 5.59. The number of hydrogen-bond donors (Lipinski definition) is 2. The summed E-state index contributed by atoms with van der Waals surface area (Å²) in [5, 5.41) is 8.69. The smallest absolute Gasteiger partial charge is 0.244 e. The van der Waals surface area contributed by atoms with Gasteiger partial charge in [-0.25, -0.2) is 0 Å². The fourth-order valence-corrected chi connectivity index (χ4v) is 0.444. The standard InChI is InChI=1S/C6H11NO2/c1-4(6(7)9)3-5(2)8/h3,5,8H,1-2H3,(H2,7,9). The minimum atomic E-state index is -0.600. The molecular formula is C6H11NO2. The van der Waals surface area contributed by atoms with Gasteiger partial charge in [-0.05, 0) is 19.9 Å². The minimum absolute atomic E-state index is 0.394. The quantitative estimate of drug-likeness (QED) is 0.507. The van der Waals surface area contributed by atoms with Crippen LogP contribution in [0.5, 0.6) is 0 Å². The van der Waals surface area contributed by atoms with E-state index in [1.54, 1.807) is 13.8 Å². The first-order valence-electron chi connectivity index (χ1n) is 2.70. The molecule has 52 valence electrons. The van der Waals surface area contributed by atoms with Gasteiger partial charge in [-0.1, -0.05) is 0 Å². The lowest BCUT2D eigenvalue weighted by Gasteiger charge is -1.95. The summed E-state index contributed by atoms with van der Waals surface area (Å²) in [7, 11) is 0. The Kier molecular flexibility index (Phi) is 2.95. The molecule has 0 aliphatic rings. The largest absolute Gasteiger partial charge is 0.389 e. The number of nitrogens with two attached hydrogens (primary N) is 1. The number of amides is 1. The third-order valence-corrected chi connectivity index (χ3v) is 0.880. The van der Waals surface area contributed by atoms with Gasteiger partial charge in [0.05, 0.1) is 6.10 Å². The van der Waals surface area contributed by atoms with Crippen LogP contribution < -0.4 is 5.73 Å². The molecule has 1 amide bonds. The summed E-state index contributed by atoms with van der Waals surface area (Å²) in [6, 6.07) is 0. The van der Waals surface area contributed by atoms with Crippen LogP contribution in [0.4, 0.5) is 0 Å². The molecular weight excluding hydrogens is 118 g/mol. The molecule has 0 bridgehead atoms. The van der Waals surface area contributed by atoms with Gasteiger partial charge in [0.25, 0.3) is 0 Å². The number of rotatable bonds is 2. The maximum atomic E-state index is 10.3. The Labute approximate surface area is 54.2 Å². The van der Waals surface area contributed by atoms with Gasteiger partial charge < -0.3 is 10.8 Å². The number of aliphatic hydroxyl groups excluding tert-OH is 1. The van der Waals surface area contributed by atoms with Crippen molar-refractivity contribution in [2.75, 3.05) is 0 Å². The molecule has 0 aromatic carbocycles. The molecule has 0 heterocycles. The summed E-state index contributed by atoms with van der Waals surface area (Å²) < 4.78 is 0. The Hall–Kier alpha value is -0.830. The molecule has 3 heteroatoms. The zero-order valence-electron chi connectivity index (χ0n) is 5.59. The molecule has 9 heavy (non-hydrogen) atoms. The average molecular weight is 129 g/mol. The lowest BCUT2D eigenvalue weighted by atomic mass is 10.2. The molecule has 0 aliphatic carbocycles. The van der Waals surface area contributed by atoms with Gasteiger partial charge >= 0.3 is 0 Å². The number of carbonyl (C=O) groups excluding carboxylic acids is 1. The highest BCUT2D eigenvalue weighted by molar-refractivity contribution is 5.91. The van der Waals surface area contributed by atoms with E-state index in [-0.39, 0.29) is 0 Å². The van der Waals surface area contributed by atoms with E-state index in [9.17, 15) is 4.79 Å². The fourth-order valence-electron chi connectivity index (χ4n) is 0.444. The third-order valence-electron chi connectivity index (χ3n) is 0.880. The predicted octanol–water partition coefficient (Wildman–Crippen LogP) is -0.201. The van der Waals surface area contributed by atoms with Crippen molar-refractivity contribution in [1.82, 2.24) is 0 Å². The minimum Gasteiger partial charge on any atom is -0.389 e. The summed E-state index contributed by atoms with van der Waals surface area (Å²) in [6.07, 6.45) is 0.806. The first-order valence-corrected chi connectivity index (χ1v) is 2.70. The van der Waals surface area contributed by atoms with E-state index < -0.39 is 12.0 Å². The summed E-state index contributed by atoms with van der Waals surface area (Å²) in [6.45, 7) is 3.13. The normalized spacial score (nSPS) is 15.2. The Morgan fingerprint density at radius 1 is 1.78 bits per heavy atom. The Bertz CT molecular complexity index is 138. The van der Waals surface area contributed by atoms with Gasteiger partial charge in [-0.3, -0.25) is 4.79 Å². The molecule has 0 radical (unpaired) electrons. The highest BCUT2D eigenvalue weighted by Crippen LogP contribution is 1.92. The van der Waals surface area contributed by atoms with Crippen LogP contribution in [-0.4, -0.2) is 17.1 Å². The SMILES string of the molecule is CC(=CC(C)O)C(N)=O. The second-order valence-corrected chi connectivity index (χ2v) is 1.95. The van der Waals surface area contributed by atoms with Crippen molar-refractivity contribution in [3.8, 4) is 0 Å². The lowest BCUT2D eigenvalue weighted by molar-refractivity contribution is -0.114. The van der Waals surface area contributed by atoms with Gasteiger partial charge in [-0.2, -0.15) is 0 Å². The number of hydrogen-bond acceptors (Lipinski definition) is 2. The lowest BCUT2D eigenvalue weighted by Crippen LogP contribution is -2.13. The average Bonchev–Trinajstić information content (AvgIpc) is 1.63. The zero-order chi connectivity index (χ0) is 7.44. The summed E-state index contributed by atoms with van der Waals surface area (Å²) >= 11 is 0. The van der Waals surface area contributed by atoms with Crippen LogP contribution in [0.3, 0.4) is 0 Å². The van der Waals surface area contributed by atoms with Crippen LogP contribution in [0.1, 0.15) is 13.8 Å². The van der Waals surface area contributed by atoms with Crippen LogP contribution in [-0.2, 0) is 4.79 Å². The molecule has 0 aromatic rings. The second kappa shape index (κ2) is 3.25. The monoisotopic (exact) mass is 129 g/mol. The van der Waals surface area contributed by atoms with Crippen molar-refractivity contribution < 1.29 is 9.90 Å². The Morgan fingerprint density at radius 3 is 2.33 bits per heavy atom. The number of primary amides is 1. The molecule has 0 rings (SSSR count). The molecule has 0 aliphatic heterocycles. The van der Waals surface area contributed by atoms with Gasteiger partial charge in [0, 0.05) is 5.57 Å². The van der Waals surface area contributed by atoms with E-state index in [4.69, 9.17) is 10.8 Å². The van der Waals surface area contributed by atoms with Gasteiger partial charge in [0.15, 0.2) is 0 Å². The molecule has 0 aromatic heterocycles. The summed E-state index contributed by atoms with van der Waals surface area (Å²) in [5.74, 6) is -0.490. The van der Waals surface area contributed by atoms with E-state index in [1.807, 2.05) is 0 Å². The Morgan fingerprint density at radius 2 is 2.22 bits per heavy atom. The van der Waals surface area contributed by atoms with E-state index in [2.05, 4.69) is 0 Å². The first-order chi connectivity index (χ1) is 4.04. The second-order valence-electron chi connectivity index (χ2n) is 1.95. The maximum absolute atomic E-state index is 10.3. The van der Waals surface area contributed by atoms with Crippen LogP contribution in [0.25, 0.3) is 0 Å². The van der Waals surface area contributed by atoms with Crippen molar-refractivity contribution in [2.24, 2.45) is 5.73 Å². The van der Waals surface area contributed by atoms with Crippen LogP contribution in [0.2, 0.25) is 0 Å². The van der Waals surface area contributed by atoms with Gasteiger partial charge in [-0.15, -0.1) is 0 Å². The van der Waals surface area contributed by atoms with Crippen LogP contribution in [0.15, 0.2) is 11.6 Å². The number of carbonyl (C=O) groups is 1. The topological polar surface area (TPSA) is 63.3 Å². The van der Waals surface area contributed by atoms with Crippen molar-refractivity contribution in [2.45, 2.75) is 20.0 Å². The highest BCUT2D eigenvalue weighted by atomic mass is 16.3. The van der Waals surface area contributed by atoms with Crippen molar-refractivity contribution in [3.63, 3.8) is 0 Å². The molecule has 0 saturated heterocycles. The Balaban J connectivity index is 4.00.